The molecule has 0 radical (unpaired) electrons. The molecule has 3 aromatic rings. The van der Waals surface area contributed by atoms with Crippen molar-refractivity contribution >= 4 is 17.5 Å². The number of nitro groups is 1. The van der Waals surface area contributed by atoms with Crippen molar-refractivity contribution in [2.24, 2.45) is 22.9 Å². The number of hydrogen-bond acceptors (Lipinski definition) is 12. The summed E-state index contributed by atoms with van der Waals surface area (Å²) < 4.78 is 26.5. The van der Waals surface area contributed by atoms with Gasteiger partial charge in [0.15, 0.2) is 0 Å². The molecule has 6 unspecified atom stereocenters. The topological polar surface area (TPSA) is 165 Å². The lowest BCUT2D eigenvalue weighted by atomic mass is 9.55. The molecule has 7 rings (SSSR count). The van der Waals surface area contributed by atoms with Crippen LogP contribution in [0, 0.1) is 27.9 Å². The zero-order valence-electron chi connectivity index (χ0n) is 34.9. The Morgan fingerprint density at radius 1 is 1.02 bits per heavy atom. The van der Waals surface area contributed by atoms with Gasteiger partial charge in [0.05, 0.1) is 23.2 Å². The second-order valence-corrected chi connectivity index (χ2v) is 16.3. The molecule has 1 saturated carbocycles. The van der Waals surface area contributed by atoms with Crippen molar-refractivity contribution in [1.29, 1.82) is 0 Å². The number of rotatable bonds is 22. The van der Waals surface area contributed by atoms with E-state index in [4.69, 9.17) is 28.9 Å². The number of oxime groups is 1. The Balaban J connectivity index is 1.34. The third-order valence-corrected chi connectivity index (χ3v) is 12.4. The summed E-state index contributed by atoms with van der Waals surface area (Å²) in [6.45, 7) is 7.98. The maximum atomic E-state index is 14.2. The van der Waals surface area contributed by atoms with Crippen molar-refractivity contribution in [1.82, 2.24) is 9.80 Å². The molecule has 2 aliphatic carbocycles. The van der Waals surface area contributed by atoms with E-state index in [0.717, 1.165) is 67.8 Å². The predicted molar refractivity (Wildman–Crippen MR) is 229 cm³/mol. The quantitative estimate of drug-likeness (QED) is 0.0341. The van der Waals surface area contributed by atoms with E-state index in [1.807, 2.05) is 42.5 Å². The van der Waals surface area contributed by atoms with E-state index in [2.05, 4.69) is 23.6 Å². The van der Waals surface area contributed by atoms with Crippen LogP contribution in [0.1, 0.15) is 67.6 Å². The van der Waals surface area contributed by atoms with Gasteiger partial charge in [-0.3, -0.25) is 15.0 Å². The lowest BCUT2D eigenvalue weighted by molar-refractivity contribution is -0.384. The van der Waals surface area contributed by atoms with Crippen LogP contribution in [-0.4, -0.2) is 102 Å². The van der Waals surface area contributed by atoms with Crippen molar-refractivity contribution in [2.45, 2.75) is 75.9 Å². The van der Waals surface area contributed by atoms with Crippen molar-refractivity contribution in [2.75, 3.05) is 53.1 Å². The number of nitro benzene ring substituents is 1. The SMILES string of the molecule is C=CCOC12Oc3ccc(OCCN4CC4)cc3C3C(CCCCO)C(CCCCO)C=C(C(=NOCc4ccc([N+](=O)[O-])cc4)CC1N(C)C(=O)OCc1ccccc1)C32. The van der Waals surface area contributed by atoms with Gasteiger partial charge in [-0.15, -0.1) is 6.58 Å². The highest BCUT2D eigenvalue weighted by Crippen LogP contribution is 2.61. The second-order valence-electron chi connectivity index (χ2n) is 16.3. The zero-order valence-corrected chi connectivity index (χ0v) is 34.9. The molecule has 4 aliphatic rings. The Bertz CT molecular complexity index is 2020. The van der Waals surface area contributed by atoms with Crippen LogP contribution in [0.25, 0.3) is 0 Å². The summed E-state index contributed by atoms with van der Waals surface area (Å²) in [7, 11) is 1.70. The highest BCUT2D eigenvalue weighted by atomic mass is 16.7. The first-order valence-corrected chi connectivity index (χ1v) is 21.5. The van der Waals surface area contributed by atoms with Gasteiger partial charge < -0.3 is 38.9 Å². The molecule has 3 aromatic carbocycles. The van der Waals surface area contributed by atoms with Gasteiger partial charge in [0.1, 0.15) is 37.4 Å². The van der Waals surface area contributed by atoms with Crippen molar-refractivity contribution < 1.29 is 43.7 Å². The summed E-state index contributed by atoms with van der Waals surface area (Å²) in [4.78, 5) is 35.0. The first-order chi connectivity index (χ1) is 29.8. The molecular weight excluding hydrogens is 781 g/mol. The number of non-ortho nitro benzene ring substituents is 1. The van der Waals surface area contributed by atoms with Gasteiger partial charge in [-0.25, -0.2) is 4.79 Å². The van der Waals surface area contributed by atoms with Crippen molar-refractivity contribution in [3.8, 4) is 11.5 Å². The lowest BCUT2D eigenvalue weighted by Crippen LogP contribution is -2.69. The summed E-state index contributed by atoms with van der Waals surface area (Å²) in [5.74, 6) is -0.650. The predicted octanol–water partition coefficient (Wildman–Crippen LogP) is 7.39. The summed E-state index contributed by atoms with van der Waals surface area (Å²) in [5.41, 5.74) is 4.02. The average Bonchev–Trinajstić information content (AvgIpc) is 4.11. The number of carbonyl (C=O) groups is 1. The fourth-order valence-corrected chi connectivity index (χ4v) is 9.25. The number of ether oxygens (including phenoxy) is 4. The molecule has 2 N–H and O–H groups in total. The molecule has 61 heavy (non-hydrogen) atoms. The van der Waals surface area contributed by atoms with Crippen LogP contribution in [0.5, 0.6) is 11.5 Å². The van der Waals surface area contributed by atoms with Gasteiger partial charge in [0.2, 0.25) is 5.79 Å². The van der Waals surface area contributed by atoms with Crippen LogP contribution in [-0.2, 0) is 27.5 Å². The van der Waals surface area contributed by atoms with Crippen molar-refractivity contribution in [3.63, 3.8) is 0 Å². The Kier molecular flexibility index (Phi) is 14.7. The highest BCUT2D eigenvalue weighted by Gasteiger charge is 2.65. The minimum Gasteiger partial charge on any atom is -0.492 e. The smallest absolute Gasteiger partial charge is 0.410 e. The Labute approximate surface area is 357 Å². The lowest BCUT2D eigenvalue weighted by Gasteiger charge is -2.59. The minimum atomic E-state index is -1.43. The third kappa shape index (κ3) is 10.3. The van der Waals surface area contributed by atoms with Crippen LogP contribution in [0.2, 0.25) is 0 Å². The number of carbonyl (C=O) groups excluding carboxylic acids is 1. The number of benzene rings is 3. The van der Waals surface area contributed by atoms with Crippen LogP contribution in [0.3, 0.4) is 0 Å². The molecule has 0 aromatic heterocycles. The molecule has 6 atom stereocenters. The van der Waals surface area contributed by atoms with Gasteiger partial charge in [-0.1, -0.05) is 60.5 Å². The average molecular weight is 839 g/mol. The number of aliphatic hydroxyl groups is 2. The molecule has 14 heteroatoms. The van der Waals surface area contributed by atoms with E-state index in [0.29, 0.717) is 36.5 Å². The number of likely N-dealkylation sites (N-methyl/N-ethyl adjacent to an activating group) is 1. The fourth-order valence-electron chi connectivity index (χ4n) is 9.25. The van der Waals surface area contributed by atoms with E-state index in [1.54, 1.807) is 30.2 Å². The number of unbranched alkanes of at least 4 members (excludes halogenated alkanes) is 2. The van der Waals surface area contributed by atoms with Crippen LogP contribution in [0.4, 0.5) is 10.5 Å². The zero-order chi connectivity index (χ0) is 42.8. The van der Waals surface area contributed by atoms with E-state index in [1.165, 1.54) is 12.1 Å². The maximum absolute atomic E-state index is 14.2. The molecule has 326 valence electrons. The van der Waals surface area contributed by atoms with E-state index < -0.39 is 28.8 Å². The number of aliphatic hydroxyl groups excluding tert-OH is 2. The van der Waals surface area contributed by atoms with E-state index >= 15 is 0 Å². The number of allylic oxidation sites excluding steroid dienone is 1. The van der Waals surface area contributed by atoms with Gasteiger partial charge in [0.25, 0.3) is 5.69 Å². The van der Waals surface area contributed by atoms with Crippen LogP contribution in [0.15, 0.2) is 102 Å². The number of fused-ring (bicyclic) bond motifs is 2. The summed E-state index contributed by atoms with van der Waals surface area (Å²) in [6.07, 6.45) is 8.11. The standard InChI is InChI=1S/C47H58N4O10/c1-3-26-59-47-43(49(2)46(54)58-31-33-11-5-4-6-12-33)30-41(48-60-32-34-15-17-36(18-16-34)51(55)56)39-28-35(13-7-9-24-52)38(14-8-10-25-53)44(45(39)47)40-29-37(19-20-42(40)61-47)57-27-23-50-21-22-50/h3-6,11-12,15-20,28-29,35,38,43-45,52-53H,1,7-10,13-14,21-27,30-32H2,2H3. The molecule has 14 nitrogen and oxygen atoms in total. The summed E-state index contributed by atoms with van der Waals surface area (Å²) in [5, 5.41) is 35.9. The van der Waals surface area contributed by atoms with E-state index in [9.17, 15) is 25.1 Å². The highest BCUT2D eigenvalue weighted by molar-refractivity contribution is 6.03. The first kappa shape index (κ1) is 43.8. The maximum Gasteiger partial charge on any atom is 0.410 e. The van der Waals surface area contributed by atoms with Crippen molar-refractivity contribution in [3.05, 3.63) is 124 Å². The summed E-state index contributed by atoms with van der Waals surface area (Å²) in [6, 6.07) is 20.9. The Morgan fingerprint density at radius 3 is 2.46 bits per heavy atom. The van der Waals surface area contributed by atoms with Gasteiger partial charge in [-0.2, -0.15) is 0 Å². The molecule has 2 heterocycles. The van der Waals surface area contributed by atoms with E-state index in [-0.39, 0.29) is 62.9 Å². The summed E-state index contributed by atoms with van der Waals surface area (Å²) >= 11 is 0. The second kappa shape index (κ2) is 20.5. The number of hydrogen-bond donors (Lipinski definition) is 2. The molecule has 2 aliphatic heterocycles. The molecular formula is C47H58N4O10. The number of amides is 1. The molecule has 1 amide bonds. The van der Waals surface area contributed by atoms with Crippen LogP contribution >= 0.6 is 0 Å². The molecule has 0 bridgehead atoms. The third-order valence-electron chi connectivity index (χ3n) is 12.4. The molecule has 2 fully saturated rings. The Morgan fingerprint density at radius 2 is 1.75 bits per heavy atom. The largest absolute Gasteiger partial charge is 0.492 e. The minimum absolute atomic E-state index is 0.0192. The van der Waals surface area contributed by atoms with Gasteiger partial charge >= 0.3 is 6.09 Å². The Hall–Kier alpha value is -5.28. The normalized spacial score (nSPS) is 24.4. The monoisotopic (exact) mass is 838 g/mol. The fraction of sp³-hybridized carbons (Fsp3) is 0.489. The number of nitrogens with zero attached hydrogens (tertiary/aromatic N) is 4. The van der Waals surface area contributed by atoms with Gasteiger partial charge in [-0.05, 0) is 84.6 Å². The van der Waals surface area contributed by atoms with Gasteiger partial charge in [0, 0.05) is 69.9 Å². The first-order valence-electron chi connectivity index (χ1n) is 21.5. The van der Waals surface area contributed by atoms with Crippen LogP contribution < -0.4 is 9.47 Å². The molecule has 0 spiro atoms. The molecule has 1 saturated heterocycles.